The van der Waals surface area contributed by atoms with Crippen LogP contribution < -0.4 is 20.1 Å². The molecule has 1 saturated heterocycles. The minimum absolute atomic E-state index is 0.0368. The molecule has 13 nitrogen and oxygen atoms in total. The van der Waals surface area contributed by atoms with Gasteiger partial charge in [0, 0.05) is 23.4 Å². The van der Waals surface area contributed by atoms with Crippen molar-refractivity contribution in [3.63, 3.8) is 0 Å². The fraction of sp³-hybridized carbons (Fsp3) is 0.605. The number of alkyl carbamates (subject to hydrolysis) is 1. The molecule has 52 heavy (non-hydrogen) atoms. The molecular formula is C38H49N5O8S. The van der Waals surface area contributed by atoms with Crippen molar-refractivity contribution in [2.75, 3.05) is 6.54 Å². The maximum Gasteiger partial charge on any atom is 0.408 e. The van der Waals surface area contributed by atoms with Crippen LogP contribution >= 0.6 is 0 Å². The SMILES string of the molecule is CC(C)(C)OC(=O)N[C@H]1CCCCC/C=C\[C@@H]2C[C@@]2(C(=O)NS(=O)(=O)C2CC2)NC(=O)[C@@H]2C[C@@H](Oc3nc4c(c5ccccc35)CCC4)CN2C1=O. The number of nitrogens with one attached hydrogen (secondary N) is 3. The Bertz CT molecular complexity index is 1900. The molecule has 14 heteroatoms. The third-order valence-electron chi connectivity index (χ3n) is 10.7. The van der Waals surface area contributed by atoms with Crippen molar-refractivity contribution in [2.24, 2.45) is 5.92 Å². The minimum atomic E-state index is -3.87. The second-order valence-corrected chi connectivity index (χ2v) is 17.9. The Morgan fingerprint density at radius 2 is 1.79 bits per heavy atom. The molecule has 0 bridgehead atoms. The third kappa shape index (κ3) is 7.62. The molecule has 2 saturated carbocycles. The highest BCUT2D eigenvalue weighted by Gasteiger charge is 2.62. The molecule has 280 valence electrons. The van der Waals surface area contributed by atoms with Gasteiger partial charge in [-0.2, -0.15) is 0 Å². The van der Waals surface area contributed by atoms with Crippen LogP contribution in [0.5, 0.6) is 5.88 Å². The number of aryl methyl sites for hydroxylation is 2. The van der Waals surface area contributed by atoms with Crippen LogP contribution in [0.1, 0.15) is 96.2 Å². The second kappa shape index (κ2) is 14.0. The first-order valence-corrected chi connectivity index (χ1v) is 20.2. The van der Waals surface area contributed by atoms with Gasteiger partial charge in [0.15, 0.2) is 0 Å². The normalized spacial score (nSPS) is 28.7. The van der Waals surface area contributed by atoms with Crippen molar-refractivity contribution in [1.29, 1.82) is 0 Å². The fourth-order valence-electron chi connectivity index (χ4n) is 7.80. The molecule has 5 aliphatic rings. The molecule has 3 fully saturated rings. The summed E-state index contributed by atoms with van der Waals surface area (Å²) in [5, 5.41) is 6.98. The number of fused-ring (bicyclic) bond motifs is 5. The Balaban J connectivity index is 1.20. The van der Waals surface area contributed by atoms with Crippen LogP contribution in [0.2, 0.25) is 0 Å². The fourth-order valence-corrected chi connectivity index (χ4v) is 9.17. The lowest BCUT2D eigenvalue weighted by atomic mass is 10.0. The highest BCUT2D eigenvalue weighted by Crippen LogP contribution is 2.46. The summed E-state index contributed by atoms with van der Waals surface area (Å²) in [4.78, 5) is 61.9. The first-order chi connectivity index (χ1) is 24.7. The Kier molecular flexibility index (Phi) is 9.72. The standard InChI is InChI=1S/C38H49N5O8S/c1-37(2,3)51-36(47)40-30-16-8-6-4-5-7-12-23-21-38(23,35(46)42-52(48,49)25-18-19-25)41-32(44)31-20-24(22-43(31)34(30)45)50-33-28-14-10-9-13-26(28)27-15-11-17-29(27)39-33/h7,9-10,12-14,23-25,30-31H,4-6,8,11,15-22H2,1-3H3,(H,40,47)(H,41,44)(H,42,46)/b12-7-/t23-,24-,30+,31+,38-/m1/s1. The summed E-state index contributed by atoms with van der Waals surface area (Å²) in [5.74, 6) is -1.79. The van der Waals surface area contributed by atoms with Gasteiger partial charge >= 0.3 is 6.09 Å². The number of allylic oxidation sites excluding steroid dienone is 1. The van der Waals surface area contributed by atoms with Crippen LogP contribution in [0.3, 0.4) is 0 Å². The van der Waals surface area contributed by atoms with Crippen molar-refractivity contribution >= 4 is 44.6 Å². The summed E-state index contributed by atoms with van der Waals surface area (Å²) in [5.41, 5.74) is -0.0652. The second-order valence-electron chi connectivity index (χ2n) is 15.9. The number of aromatic nitrogens is 1. The van der Waals surface area contributed by atoms with Crippen LogP contribution in [0.4, 0.5) is 4.79 Å². The zero-order valence-electron chi connectivity index (χ0n) is 30.1. The van der Waals surface area contributed by atoms with E-state index >= 15 is 0 Å². The number of hydrogen-bond acceptors (Lipinski definition) is 9. The van der Waals surface area contributed by atoms with Gasteiger partial charge in [-0.3, -0.25) is 19.1 Å². The van der Waals surface area contributed by atoms with E-state index < -0.39 is 74.3 Å². The van der Waals surface area contributed by atoms with Crippen LogP contribution in [0, 0.1) is 5.92 Å². The van der Waals surface area contributed by atoms with Gasteiger partial charge in [0.25, 0.3) is 5.91 Å². The average molecular weight is 736 g/mol. The molecule has 4 amide bonds. The van der Waals surface area contributed by atoms with E-state index in [9.17, 15) is 27.6 Å². The topological polar surface area (TPSA) is 173 Å². The Hall–Kier alpha value is -4.20. The molecule has 3 aliphatic carbocycles. The number of carbonyl (C=O) groups excluding carboxylic acids is 4. The van der Waals surface area contributed by atoms with E-state index in [0.29, 0.717) is 38.0 Å². The molecule has 0 unspecified atom stereocenters. The summed E-state index contributed by atoms with van der Waals surface area (Å²) in [6.07, 6.45) is 9.83. The summed E-state index contributed by atoms with van der Waals surface area (Å²) < 4.78 is 40.0. The number of sulfonamides is 1. The molecule has 1 aromatic heterocycles. The molecule has 1 aromatic carbocycles. The quantitative estimate of drug-likeness (QED) is 0.371. The van der Waals surface area contributed by atoms with Crippen molar-refractivity contribution in [3.05, 3.63) is 47.7 Å². The van der Waals surface area contributed by atoms with E-state index in [4.69, 9.17) is 14.5 Å². The summed E-state index contributed by atoms with van der Waals surface area (Å²) >= 11 is 0. The number of amides is 4. The number of nitrogens with zero attached hydrogens (tertiary/aromatic N) is 2. The monoisotopic (exact) mass is 735 g/mol. The van der Waals surface area contributed by atoms with E-state index in [1.54, 1.807) is 20.8 Å². The van der Waals surface area contributed by atoms with Crippen molar-refractivity contribution < 1.29 is 37.1 Å². The summed E-state index contributed by atoms with van der Waals surface area (Å²) in [7, 11) is -3.87. The molecule has 5 atom stereocenters. The zero-order chi connectivity index (χ0) is 36.8. The van der Waals surface area contributed by atoms with Crippen LogP contribution in [0.25, 0.3) is 10.8 Å². The van der Waals surface area contributed by atoms with Gasteiger partial charge in [0.2, 0.25) is 27.7 Å². The smallest absolute Gasteiger partial charge is 0.408 e. The number of benzene rings is 1. The third-order valence-corrected chi connectivity index (χ3v) is 12.5. The largest absolute Gasteiger partial charge is 0.472 e. The highest BCUT2D eigenvalue weighted by atomic mass is 32.2. The first-order valence-electron chi connectivity index (χ1n) is 18.7. The van der Waals surface area contributed by atoms with E-state index in [-0.39, 0.29) is 19.4 Å². The molecular weight excluding hydrogens is 687 g/mol. The zero-order valence-corrected chi connectivity index (χ0v) is 30.9. The van der Waals surface area contributed by atoms with Crippen LogP contribution in [0.15, 0.2) is 36.4 Å². The Labute approximate surface area is 304 Å². The van der Waals surface area contributed by atoms with E-state index in [1.165, 1.54) is 10.5 Å². The van der Waals surface area contributed by atoms with Crippen LogP contribution in [-0.2, 0) is 42.0 Å². The Morgan fingerprint density at radius 1 is 1.02 bits per heavy atom. The molecule has 2 aliphatic heterocycles. The maximum absolute atomic E-state index is 14.5. The molecule has 7 rings (SSSR count). The predicted molar refractivity (Wildman–Crippen MR) is 193 cm³/mol. The van der Waals surface area contributed by atoms with Gasteiger partial charge in [0.1, 0.15) is 29.3 Å². The number of pyridine rings is 1. The van der Waals surface area contributed by atoms with Crippen molar-refractivity contribution in [2.45, 2.75) is 132 Å². The van der Waals surface area contributed by atoms with Gasteiger partial charge in [0.05, 0.1) is 11.8 Å². The summed E-state index contributed by atoms with van der Waals surface area (Å²) in [6, 6.07) is 5.89. The molecule has 0 radical (unpaired) electrons. The lowest BCUT2D eigenvalue weighted by Gasteiger charge is -2.30. The number of ether oxygens (including phenoxy) is 2. The maximum atomic E-state index is 14.5. The first kappa shape index (κ1) is 36.2. The number of carbonyl (C=O) groups is 4. The Morgan fingerprint density at radius 3 is 2.54 bits per heavy atom. The molecule has 3 N–H and O–H groups in total. The van der Waals surface area contributed by atoms with Crippen LogP contribution in [-0.4, -0.2) is 83.2 Å². The van der Waals surface area contributed by atoms with Gasteiger partial charge in [-0.05, 0) is 95.6 Å². The van der Waals surface area contributed by atoms with Crippen molar-refractivity contribution in [1.82, 2.24) is 25.2 Å². The van der Waals surface area contributed by atoms with Gasteiger partial charge in [-0.25, -0.2) is 18.2 Å². The number of rotatable bonds is 6. The molecule has 3 heterocycles. The van der Waals surface area contributed by atoms with Gasteiger partial charge in [-0.1, -0.05) is 43.2 Å². The lowest BCUT2D eigenvalue weighted by Crippen LogP contribution is -2.58. The van der Waals surface area contributed by atoms with Gasteiger partial charge in [-0.15, -0.1) is 0 Å². The highest BCUT2D eigenvalue weighted by molar-refractivity contribution is 7.91. The van der Waals surface area contributed by atoms with E-state index in [2.05, 4.69) is 21.4 Å². The van der Waals surface area contributed by atoms with Crippen molar-refractivity contribution in [3.8, 4) is 5.88 Å². The van der Waals surface area contributed by atoms with E-state index in [1.807, 2.05) is 30.4 Å². The predicted octanol–water partition coefficient (Wildman–Crippen LogP) is 3.97. The molecule has 0 spiro atoms. The van der Waals surface area contributed by atoms with Gasteiger partial charge < -0.3 is 25.0 Å². The minimum Gasteiger partial charge on any atom is -0.472 e. The summed E-state index contributed by atoms with van der Waals surface area (Å²) in [6.45, 7) is 5.26. The van der Waals surface area contributed by atoms with E-state index in [0.717, 1.165) is 48.6 Å². The number of hydrogen-bond donors (Lipinski definition) is 3. The molecule has 2 aromatic rings. The average Bonchev–Trinajstić information content (AvgIpc) is 3.96. The lowest BCUT2D eigenvalue weighted by molar-refractivity contribution is -0.141.